The summed E-state index contributed by atoms with van der Waals surface area (Å²) in [7, 11) is 0. The zero-order valence-corrected chi connectivity index (χ0v) is 11.7. The Balaban J connectivity index is 3.59. The number of hydrogen-bond donors (Lipinski definition) is 1. The van der Waals surface area contributed by atoms with Gasteiger partial charge in [-0.2, -0.15) is 0 Å². The van der Waals surface area contributed by atoms with Crippen molar-refractivity contribution in [2.24, 2.45) is 0 Å². The Hall–Kier alpha value is -0.840. The van der Waals surface area contributed by atoms with Gasteiger partial charge in [0.15, 0.2) is 0 Å². The first-order valence-electron chi connectivity index (χ1n) is 6.28. The number of aliphatic hydroxyl groups excluding tert-OH is 1. The van der Waals surface area contributed by atoms with Gasteiger partial charge in [-0.15, -0.1) is 6.58 Å². The summed E-state index contributed by atoms with van der Waals surface area (Å²) in [5, 5.41) is 9.07. The highest BCUT2D eigenvalue weighted by molar-refractivity contribution is 4.90. The van der Waals surface area contributed by atoms with Crippen molar-refractivity contribution >= 4 is 0 Å². The molecule has 0 aliphatic carbocycles. The molecule has 0 aromatic heterocycles. The van der Waals surface area contributed by atoms with E-state index in [-0.39, 0.29) is 12.2 Å². The molecule has 0 aromatic carbocycles. The summed E-state index contributed by atoms with van der Waals surface area (Å²) in [6.07, 6.45) is 1.89. The van der Waals surface area contributed by atoms with E-state index in [9.17, 15) is 0 Å². The number of hydrogen-bond acceptors (Lipinski definition) is 4. The lowest BCUT2D eigenvalue weighted by Gasteiger charge is -2.19. The first-order chi connectivity index (χ1) is 8.45. The molecule has 4 nitrogen and oxygen atoms in total. The molecule has 1 N–H and O–H groups in total. The zero-order chi connectivity index (χ0) is 14.0. The van der Waals surface area contributed by atoms with Crippen molar-refractivity contribution in [2.75, 3.05) is 19.8 Å². The SMILES string of the molecule is C=CCC(=C)OCC(C)OCC(C)OCC(C)O. The van der Waals surface area contributed by atoms with Gasteiger partial charge in [-0.05, 0) is 20.8 Å². The van der Waals surface area contributed by atoms with Crippen molar-refractivity contribution < 1.29 is 19.3 Å². The molecule has 0 spiro atoms. The van der Waals surface area contributed by atoms with Crippen LogP contribution in [0, 0.1) is 0 Å². The standard InChI is InChI=1S/C14H26O4/c1-6-7-12(3)17-9-14(5)18-10-13(4)16-8-11(2)15/h6,11,13-15H,1,3,7-10H2,2,4-5H3. The van der Waals surface area contributed by atoms with Crippen LogP contribution < -0.4 is 0 Å². The summed E-state index contributed by atoms with van der Waals surface area (Å²) < 4.78 is 16.3. The van der Waals surface area contributed by atoms with Crippen LogP contribution in [0.4, 0.5) is 0 Å². The third kappa shape index (κ3) is 10.3. The molecule has 0 aliphatic heterocycles. The van der Waals surface area contributed by atoms with Crippen LogP contribution in [0.25, 0.3) is 0 Å². The van der Waals surface area contributed by atoms with Gasteiger partial charge in [0.25, 0.3) is 0 Å². The van der Waals surface area contributed by atoms with Crippen molar-refractivity contribution in [1.29, 1.82) is 0 Å². The third-order valence-corrected chi connectivity index (χ3v) is 2.13. The van der Waals surface area contributed by atoms with Crippen molar-refractivity contribution in [3.05, 3.63) is 25.0 Å². The highest BCUT2D eigenvalue weighted by atomic mass is 16.6. The normalized spacial score (nSPS) is 15.8. The number of aliphatic hydroxyl groups is 1. The molecule has 18 heavy (non-hydrogen) atoms. The van der Waals surface area contributed by atoms with Crippen LogP contribution in [-0.2, 0) is 14.2 Å². The van der Waals surface area contributed by atoms with Crippen molar-refractivity contribution in [2.45, 2.75) is 45.5 Å². The average molecular weight is 258 g/mol. The second-order valence-corrected chi connectivity index (χ2v) is 4.48. The number of ether oxygens (including phenoxy) is 3. The van der Waals surface area contributed by atoms with Crippen LogP contribution >= 0.6 is 0 Å². The molecule has 0 saturated carbocycles. The highest BCUT2D eigenvalue weighted by Gasteiger charge is 2.09. The molecule has 0 bridgehead atoms. The minimum atomic E-state index is -0.449. The fourth-order valence-electron chi connectivity index (χ4n) is 1.15. The summed E-state index contributed by atoms with van der Waals surface area (Å²) in [4.78, 5) is 0. The fraction of sp³-hybridized carbons (Fsp3) is 0.714. The van der Waals surface area contributed by atoms with E-state index < -0.39 is 6.10 Å². The maximum atomic E-state index is 9.07. The summed E-state index contributed by atoms with van der Waals surface area (Å²) >= 11 is 0. The zero-order valence-electron chi connectivity index (χ0n) is 11.7. The van der Waals surface area contributed by atoms with Crippen molar-refractivity contribution in [3.8, 4) is 0 Å². The first-order valence-corrected chi connectivity index (χ1v) is 6.28. The maximum absolute atomic E-state index is 9.07. The number of rotatable bonds is 11. The Morgan fingerprint density at radius 2 is 1.67 bits per heavy atom. The molecular weight excluding hydrogens is 232 g/mol. The lowest BCUT2D eigenvalue weighted by Crippen LogP contribution is -2.25. The van der Waals surface area contributed by atoms with Gasteiger partial charge in [-0.25, -0.2) is 0 Å². The molecule has 0 amide bonds. The first kappa shape index (κ1) is 17.2. The quantitative estimate of drug-likeness (QED) is 0.456. The van der Waals surface area contributed by atoms with Crippen LogP contribution in [0.15, 0.2) is 25.0 Å². The molecule has 0 rings (SSSR count). The molecule has 0 radical (unpaired) electrons. The van der Waals surface area contributed by atoms with Crippen LogP contribution in [0.5, 0.6) is 0 Å². The Labute approximate surface area is 110 Å². The minimum absolute atomic E-state index is 0.0239. The molecule has 0 aromatic rings. The smallest absolute Gasteiger partial charge is 0.114 e. The van der Waals surface area contributed by atoms with E-state index in [1.54, 1.807) is 13.0 Å². The van der Waals surface area contributed by atoms with Gasteiger partial charge in [0.1, 0.15) is 6.61 Å². The van der Waals surface area contributed by atoms with Crippen LogP contribution in [0.3, 0.4) is 0 Å². The Morgan fingerprint density at radius 1 is 1.11 bits per heavy atom. The van der Waals surface area contributed by atoms with Gasteiger partial charge in [-0.1, -0.05) is 12.7 Å². The second kappa shape index (κ2) is 10.1. The molecule has 0 aliphatic rings. The summed E-state index contributed by atoms with van der Waals surface area (Å²) in [6, 6.07) is 0. The number of allylic oxidation sites excluding steroid dienone is 1. The highest BCUT2D eigenvalue weighted by Crippen LogP contribution is 2.04. The van der Waals surface area contributed by atoms with Crippen LogP contribution in [-0.4, -0.2) is 43.2 Å². The minimum Gasteiger partial charge on any atom is -0.496 e. The van der Waals surface area contributed by atoms with Crippen LogP contribution in [0.2, 0.25) is 0 Å². The lowest BCUT2D eigenvalue weighted by atomic mass is 10.3. The summed E-state index contributed by atoms with van der Waals surface area (Å²) in [6.45, 7) is 14.2. The Morgan fingerprint density at radius 3 is 2.22 bits per heavy atom. The third-order valence-electron chi connectivity index (χ3n) is 2.13. The van der Waals surface area contributed by atoms with E-state index in [1.807, 2.05) is 13.8 Å². The van der Waals surface area contributed by atoms with Crippen LogP contribution in [0.1, 0.15) is 27.2 Å². The molecule has 4 heteroatoms. The fourth-order valence-corrected chi connectivity index (χ4v) is 1.15. The van der Waals surface area contributed by atoms with E-state index in [2.05, 4.69) is 13.2 Å². The molecule has 0 fully saturated rings. The lowest BCUT2D eigenvalue weighted by molar-refractivity contribution is -0.0647. The van der Waals surface area contributed by atoms with Gasteiger partial charge < -0.3 is 19.3 Å². The van der Waals surface area contributed by atoms with E-state index in [4.69, 9.17) is 19.3 Å². The van der Waals surface area contributed by atoms with Crippen molar-refractivity contribution in [1.82, 2.24) is 0 Å². The Kier molecular flexibility index (Phi) is 9.64. The predicted molar refractivity (Wildman–Crippen MR) is 72.4 cm³/mol. The monoisotopic (exact) mass is 258 g/mol. The van der Waals surface area contributed by atoms with Gasteiger partial charge >= 0.3 is 0 Å². The maximum Gasteiger partial charge on any atom is 0.114 e. The van der Waals surface area contributed by atoms with E-state index in [1.165, 1.54) is 0 Å². The van der Waals surface area contributed by atoms with Gasteiger partial charge in [-0.3, -0.25) is 0 Å². The summed E-state index contributed by atoms with van der Waals surface area (Å²) in [5.74, 6) is 0.693. The van der Waals surface area contributed by atoms with Crippen molar-refractivity contribution in [3.63, 3.8) is 0 Å². The van der Waals surface area contributed by atoms with Gasteiger partial charge in [0.2, 0.25) is 0 Å². The predicted octanol–water partition coefficient (Wildman–Crippen LogP) is 2.28. The van der Waals surface area contributed by atoms with E-state index in [0.29, 0.717) is 32.0 Å². The molecule has 3 unspecified atom stereocenters. The van der Waals surface area contributed by atoms with Gasteiger partial charge in [0, 0.05) is 6.42 Å². The van der Waals surface area contributed by atoms with E-state index >= 15 is 0 Å². The second-order valence-electron chi connectivity index (χ2n) is 4.48. The largest absolute Gasteiger partial charge is 0.496 e. The topological polar surface area (TPSA) is 47.9 Å². The van der Waals surface area contributed by atoms with Gasteiger partial charge in [0.05, 0.1) is 37.3 Å². The molecule has 3 atom stereocenters. The average Bonchev–Trinajstić information content (AvgIpc) is 2.31. The molecule has 106 valence electrons. The molecule has 0 saturated heterocycles. The Bertz CT molecular complexity index is 238. The molecular formula is C14H26O4. The summed E-state index contributed by atoms with van der Waals surface area (Å²) in [5.41, 5.74) is 0. The molecule has 0 heterocycles. The van der Waals surface area contributed by atoms with E-state index in [0.717, 1.165) is 0 Å².